The molecule has 0 bridgehead atoms. The molecule has 0 heterocycles. The van der Waals surface area contributed by atoms with Gasteiger partial charge in [-0.05, 0) is 44.4 Å². The first-order valence-electron chi connectivity index (χ1n) is 8.92. The summed E-state index contributed by atoms with van der Waals surface area (Å²) in [6, 6.07) is 2.39. The molecular weight excluding hydrogens is 260 g/mol. The molecule has 2 aliphatic carbocycles. The topological polar surface area (TPSA) is 52.9 Å². The maximum absolute atomic E-state index is 12.5. The van der Waals surface area contributed by atoms with Crippen LogP contribution in [-0.2, 0) is 4.79 Å². The van der Waals surface area contributed by atoms with Gasteiger partial charge in [0.1, 0.15) is 5.54 Å². The van der Waals surface area contributed by atoms with Crippen LogP contribution in [0.4, 0.5) is 0 Å². The standard InChI is InChI=1S/C18H30N2O/c1-2-3-7-15-8-10-16(11-9-15)17(21)20-18(14-19)12-5-4-6-13-18/h15-16H,2-13H2,1H3,(H,20,21). The highest BCUT2D eigenvalue weighted by molar-refractivity contribution is 5.80. The predicted octanol–water partition coefficient (Wildman–Crippen LogP) is 4.33. The second kappa shape index (κ2) is 7.82. The number of carbonyl (C=O) groups is 1. The third-order valence-corrected chi connectivity index (χ3v) is 5.47. The van der Waals surface area contributed by atoms with Crippen LogP contribution >= 0.6 is 0 Å². The van der Waals surface area contributed by atoms with Gasteiger partial charge < -0.3 is 5.32 Å². The van der Waals surface area contributed by atoms with Crippen molar-refractivity contribution in [1.82, 2.24) is 5.32 Å². The van der Waals surface area contributed by atoms with Gasteiger partial charge in [0.15, 0.2) is 0 Å². The van der Waals surface area contributed by atoms with Gasteiger partial charge in [0.2, 0.25) is 5.91 Å². The van der Waals surface area contributed by atoms with Crippen molar-refractivity contribution in [2.45, 2.75) is 89.5 Å². The molecule has 2 rings (SSSR count). The van der Waals surface area contributed by atoms with E-state index in [0.29, 0.717) is 0 Å². The van der Waals surface area contributed by atoms with Crippen molar-refractivity contribution in [2.24, 2.45) is 11.8 Å². The molecule has 2 fully saturated rings. The lowest BCUT2D eigenvalue weighted by Gasteiger charge is -2.34. The molecule has 0 radical (unpaired) electrons. The van der Waals surface area contributed by atoms with Crippen LogP contribution in [0.2, 0.25) is 0 Å². The number of amides is 1. The SMILES string of the molecule is CCCCC1CCC(C(=O)NC2(C#N)CCCCC2)CC1. The molecule has 3 nitrogen and oxygen atoms in total. The van der Waals surface area contributed by atoms with Crippen LogP contribution < -0.4 is 5.32 Å². The van der Waals surface area contributed by atoms with E-state index >= 15 is 0 Å². The largest absolute Gasteiger partial charge is 0.338 e. The first-order valence-corrected chi connectivity index (χ1v) is 8.92. The summed E-state index contributed by atoms with van der Waals surface area (Å²) in [7, 11) is 0. The average Bonchev–Trinajstić information content (AvgIpc) is 2.54. The highest BCUT2D eigenvalue weighted by Crippen LogP contribution is 2.33. The Morgan fingerprint density at radius 1 is 1.19 bits per heavy atom. The monoisotopic (exact) mass is 290 g/mol. The van der Waals surface area contributed by atoms with Crippen molar-refractivity contribution in [3.63, 3.8) is 0 Å². The zero-order valence-corrected chi connectivity index (χ0v) is 13.5. The van der Waals surface area contributed by atoms with Crippen molar-refractivity contribution in [3.8, 4) is 6.07 Å². The second-order valence-electron chi connectivity index (χ2n) is 7.10. The van der Waals surface area contributed by atoms with Crippen LogP contribution in [0.25, 0.3) is 0 Å². The molecule has 0 aliphatic heterocycles. The number of carbonyl (C=O) groups excluding carboxylic acids is 1. The Labute approximate surface area is 129 Å². The highest BCUT2D eigenvalue weighted by Gasteiger charge is 2.36. The summed E-state index contributed by atoms with van der Waals surface area (Å²) in [6.07, 6.45) is 13.3. The van der Waals surface area contributed by atoms with E-state index in [-0.39, 0.29) is 11.8 Å². The highest BCUT2D eigenvalue weighted by atomic mass is 16.2. The van der Waals surface area contributed by atoms with Crippen LogP contribution in [0.3, 0.4) is 0 Å². The third-order valence-electron chi connectivity index (χ3n) is 5.47. The Morgan fingerprint density at radius 3 is 2.43 bits per heavy atom. The van der Waals surface area contributed by atoms with Gasteiger partial charge in [-0.3, -0.25) is 4.79 Å². The Hall–Kier alpha value is -1.04. The zero-order chi connectivity index (χ0) is 15.1. The van der Waals surface area contributed by atoms with Gasteiger partial charge in [-0.1, -0.05) is 45.4 Å². The maximum atomic E-state index is 12.5. The van der Waals surface area contributed by atoms with E-state index in [1.54, 1.807) is 0 Å². The Balaban J connectivity index is 1.80. The molecule has 0 unspecified atom stereocenters. The molecule has 0 aromatic heterocycles. The fourth-order valence-electron chi connectivity index (χ4n) is 3.96. The van der Waals surface area contributed by atoms with Crippen molar-refractivity contribution in [2.75, 3.05) is 0 Å². The molecule has 0 atom stereocenters. The smallest absolute Gasteiger partial charge is 0.224 e. The van der Waals surface area contributed by atoms with Gasteiger partial charge >= 0.3 is 0 Å². The van der Waals surface area contributed by atoms with Gasteiger partial charge in [0.25, 0.3) is 0 Å². The summed E-state index contributed by atoms with van der Waals surface area (Å²) < 4.78 is 0. The Morgan fingerprint density at radius 2 is 1.86 bits per heavy atom. The van der Waals surface area contributed by atoms with E-state index in [2.05, 4.69) is 18.3 Å². The number of hydrogen-bond donors (Lipinski definition) is 1. The van der Waals surface area contributed by atoms with E-state index in [1.807, 2.05) is 0 Å². The molecule has 1 amide bonds. The van der Waals surface area contributed by atoms with Gasteiger partial charge in [-0.2, -0.15) is 5.26 Å². The Kier molecular flexibility index (Phi) is 6.08. The van der Waals surface area contributed by atoms with E-state index in [1.165, 1.54) is 38.5 Å². The molecular formula is C18H30N2O. The summed E-state index contributed by atoms with van der Waals surface area (Å²) in [5.74, 6) is 1.12. The first kappa shape index (κ1) is 16.3. The van der Waals surface area contributed by atoms with Gasteiger partial charge in [0.05, 0.1) is 6.07 Å². The van der Waals surface area contributed by atoms with E-state index in [4.69, 9.17) is 0 Å². The fraction of sp³-hybridized carbons (Fsp3) is 0.889. The average molecular weight is 290 g/mol. The lowest BCUT2D eigenvalue weighted by Crippen LogP contribution is -2.51. The molecule has 0 aromatic carbocycles. The van der Waals surface area contributed by atoms with Crippen molar-refractivity contribution >= 4 is 5.91 Å². The third kappa shape index (κ3) is 4.46. The molecule has 1 N–H and O–H groups in total. The summed E-state index contributed by atoms with van der Waals surface area (Å²) in [5.41, 5.74) is -0.561. The first-order chi connectivity index (χ1) is 10.2. The normalized spacial score (nSPS) is 28.6. The van der Waals surface area contributed by atoms with Crippen molar-refractivity contribution in [1.29, 1.82) is 5.26 Å². The lowest BCUT2D eigenvalue weighted by atomic mass is 9.78. The summed E-state index contributed by atoms with van der Waals surface area (Å²) in [5, 5.41) is 12.6. The number of hydrogen-bond acceptors (Lipinski definition) is 2. The molecule has 0 saturated heterocycles. The quantitative estimate of drug-likeness (QED) is 0.819. The van der Waals surface area contributed by atoms with Crippen LogP contribution in [0.15, 0.2) is 0 Å². The van der Waals surface area contributed by atoms with Crippen LogP contribution in [-0.4, -0.2) is 11.4 Å². The number of nitrogens with zero attached hydrogens (tertiary/aromatic N) is 1. The molecule has 118 valence electrons. The second-order valence-corrected chi connectivity index (χ2v) is 7.10. The molecule has 2 saturated carbocycles. The van der Waals surface area contributed by atoms with Crippen LogP contribution in [0.5, 0.6) is 0 Å². The Bertz CT molecular complexity index is 371. The number of unbranched alkanes of at least 4 members (excludes halogenated alkanes) is 1. The maximum Gasteiger partial charge on any atom is 0.224 e. The molecule has 0 spiro atoms. The molecule has 3 heteroatoms. The van der Waals surface area contributed by atoms with E-state index in [0.717, 1.165) is 44.4 Å². The summed E-state index contributed by atoms with van der Waals surface area (Å²) >= 11 is 0. The zero-order valence-electron chi connectivity index (χ0n) is 13.5. The lowest BCUT2D eigenvalue weighted by molar-refractivity contribution is -0.128. The number of nitrogens with one attached hydrogen (secondary N) is 1. The predicted molar refractivity (Wildman–Crippen MR) is 84.5 cm³/mol. The summed E-state index contributed by atoms with van der Waals surface area (Å²) in [6.45, 7) is 2.24. The van der Waals surface area contributed by atoms with Gasteiger partial charge in [-0.25, -0.2) is 0 Å². The molecule has 2 aliphatic rings. The minimum Gasteiger partial charge on any atom is -0.338 e. The minimum absolute atomic E-state index is 0.146. The molecule has 0 aromatic rings. The van der Waals surface area contributed by atoms with Crippen LogP contribution in [0, 0.1) is 23.2 Å². The van der Waals surface area contributed by atoms with Crippen LogP contribution in [0.1, 0.15) is 84.0 Å². The van der Waals surface area contributed by atoms with Crippen molar-refractivity contribution < 1.29 is 4.79 Å². The summed E-state index contributed by atoms with van der Waals surface area (Å²) in [4.78, 5) is 12.5. The fourth-order valence-corrected chi connectivity index (χ4v) is 3.96. The van der Waals surface area contributed by atoms with Crippen molar-refractivity contribution in [3.05, 3.63) is 0 Å². The molecule has 21 heavy (non-hydrogen) atoms. The van der Waals surface area contributed by atoms with E-state index < -0.39 is 5.54 Å². The minimum atomic E-state index is -0.561. The number of nitriles is 1. The van der Waals surface area contributed by atoms with Gasteiger partial charge in [0, 0.05) is 5.92 Å². The van der Waals surface area contributed by atoms with E-state index in [9.17, 15) is 10.1 Å². The van der Waals surface area contributed by atoms with Gasteiger partial charge in [-0.15, -0.1) is 0 Å². The number of rotatable bonds is 5.